The zero-order valence-corrected chi connectivity index (χ0v) is 11.6. The number of rotatable bonds is 2. The molecular weight excluding hydrogens is 259 g/mol. The summed E-state index contributed by atoms with van der Waals surface area (Å²) in [6.45, 7) is 6.13. The molecule has 5 nitrogen and oxygen atoms in total. The van der Waals surface area contributed by atoms with Crippen molar-refractivity contribution in [2.24, 2.45) is 0 Å². The van der Waals surface area contributed by atoms with Gasteiger partial charge in [-0.15, -0.1) is 0 Å². The number of aromatic amines is 1. The highest BCUT2D eigenvalue weighted by molar-refractivity contribution is 5.99. The number of halogens is 1. The molecule has 0 bridgehead atoms. The fraction of sp³-hybridized carbons (Fsp3) is 0.286. The molecule has 1 aromatic heterocycles. The summed E-state index contributed by atoms with van der Waals surface area (Å²) in [5, 5.41) is 12.1. The maximum absolute atomic E-state index is 12.7. The Morgan fingerprint density at radius 1 is 1.20 bits per heavy atom. The summed E-state index contributed by atoms with van der Waals surface area (Å²) in [5.74, 6) is 0.0904. The van der Waals surface area contributed by atoms with Crippen LogP contribution < -0.4 is 10.6 Å². The Bertz CT molecular complexity index is 598. The SMILES string of the molecule is CC(C)(C)c1cc(NC(=O)Nc2ccc(F)cc2)n[nH]1. The highest BCUT2D eigenvalue weighted by Gasteiger charge is 2.17. The number of anilines is 2. The van der Waals surface area contributed by atoms with Gasteiger partial charge in [0.1, 0.15) is 5.82 Å². The molecule has 2 rings (SSSR count). The number of hydrogen-bond donors (Lipinski definition) is 3. The molecule has 0 atom stereocenters. The van der Waals surface area contributed by atoms with E-state index in [-0.39, 0.29) is 11.2 Å². The number of carbonyl (C=O) groups is 1. The monoisotopic (exact) mass is 276 g/mol. The number of H-pyrrole nitrogens is 1. The van der Waals surface area contributed by atoms with Gasteiger partial charge >= 0.3 is 6.03 Å². The summed E-state index contributed by atoms with van der Waals surface area (Å²) in [6, 6.07) is 6.89. The first-order valence-electron chi connectivity index (χ1n) is 6.24. The molecule has 0 saturated carbocycles. The highest BCUT2D eigenvalue weighted by atomic mass is 19.1. The van der Waals surface area contributed by atoms with Gasteiger partial charge in [-0.2, -0.15) is 5.10 Å². The van der Waals surface area contributed by atoms with Crippen LogP contribution in [0, 0.1) is 5.82 Å². The van der Waals surface area contributed by atoms with Crippen LogP contribution in [0.3, 0.4) is 0 Å². The van der Waals surface area contributed by atoms with Crippen LogP contribution in [0.2, 0.25) is 0 Å². The van der Waals surface area contributed by atoms with E-state index in [2.05, 4.69) is 20.8 Å². The van der Waals surface area contributed by atoms with Crippen molar-refractivity contribution < 1.29 is 9.18 Å². The van der Waals surface area contributed by atoms with Gasteiger partial charge in [-0.3, -0.25) is 10.4 Å². The van der Waals surface area contributed by atoms with Gasteiger partial charge in [0.15, 0.2) is 5.82 Å². The lowest BCUT2D eigenvalue weighted by molar-refractivity contribution is 0.262. The Morgan fingerprint density at radius 2 is 1.85 bits per heavy atom. The molecule has 6 heteroatoms. The fourth-order valence-electron chi connectivity index (χ4n) is 1.58. The highest BCUT2D eigenvalue weighted by Crippen LogP contribution is 2.21. The predicted molar refractivity (Wildman–Crippen MR) is 76.3 cm³/mol. The maximum atomic E-state index is 12.7. The number of nitrogens with one attached hydrogen (secondary N) is 3. The first-order chi connectivity index (χ1) is 9.34. The molecule has 3 N–H and O–H groups in total. The second-order valence-electron chi connectivity index (χ2n) is 5.50. The first-order valence-corrected chi connectivity index (χ1v) is 6.24. The Morgan fingerprint density at radius 3 is 2.40 bits per heavy atom. The molecule has 0 spiro atoms. The molecule has 1 aromatic carbocycles. The Labute approximate surface area is 116 Å². The average molecular weight is 276 g/mol. The summed E-state index contributed by atoms with van der Waals surface area (Å²) < 4.78 is 12.7. The number of amides is 2. The quantitative estimate of drug-likeness (QED) is 0.785. The van der Waals surface area contributed by atoms with Crippen LogP contribution in [-0.2, 0) is 5.41 Å². The van der Waals surface area contributed by atoms with Gasteiger partial charge in [0.25, 0.3) is 0 Å². The second-order valence-corrected chi connectivity index (χ2v) is 5.50. The number of carbonyl (C=O) groups excluding carboxylic acids is 1. The van der Waals surface area contributed by atoms with Crippen molar-refractivity contribution in [3.05, 3.63) is 41.8 Å². The van der Waals surface area contributed by atoms with Gasteiger partial charge in [0.2, 0.25) is 0 Å². The van der Waals surface area contributed by atoms with Crippen LogP contribution >= 0.6 is 0 Å². The lowest BCUT2D eigenvalue weighted by Gasteiger charge is -2.14. The van der Waals surface area contributed by atoms with E-state index in [9.17, 15) is 9.18 Å². The summed E-state index contributed by atoms with van der Waals surface area (Å²) in [7, 11) is 0. The van der Waals surface area contributed by atoms with Gasteiger partial charge in [-0.05, 0) is 24.3 Å². The largest absolute Gasteiger partial charge is 0.324 e. The van der Waals surface area contributed by atoms with Crippen molar-refractivity contribution in [2.75, 3.05) is 10.6 Å². The molecule has 0 saturated heterocycles. The third-order valence-corrected chi connectivity index (χ3v) is 2.73. The lowest BCUT2D eigenvalue weighted by Crippen LogP contribution is -2.19. The van der Waals surface area contributed by atoms with E-state index >= 15 is 0 Å². The third kappa shape index (κ3) is 3.57. The van der Waals surface area contributed by atoms with Crippen molar-refractivity contribution in [3.8, 4) is 0 Å². The predicted octanol–water partition coefficient (Wildman–Crippen LogP) is 3.49. The van der Waals surface area contributed by atoms with E-state index in [4.69, 9.17) is 0 Å². The van der Waals surface area contributed by atoms with Crippen molar-refractivity contribution in [2.45, 2.75) is 26.2 Å². The van der Waals surface area contributed by atoms with E-state index < -0.39 is 6.03 Å². The topological polar surface area (TPSA) is 69.8 Å². The van der Waals surface area contributed by atoms with Gasteiger partial charge in [0, 0.05) is 22.9 Å². The Balaban J connectivity index is 1.98. The van der Waals surface area contributed by atoms with Crippen LogP contribution in [0.1, 0.15) is 26.5 Å². The van der Waals surface area contributed by atoms with E-state index in [1.54, 1.807) is 6.07 Å². The van der Waals surface area contributed by atoms with Gasteiger partial charge in [-0.25, -0.2) is 9.18 Å². The van der Waals surface area contributed by atoms with Crippen LogP contribution in [-0.4, -0.2) is 16.2 Å². The Kier molecular flexibility index (Phi) is 3.74. The summed E-state index contributed by atoms with van der Waals surface area (Å²) >= 11 is 0. The molecule has 0 radical (unpaired) electrons. The minimum absolute atomic E-state index is 0.0691. The number of aromatic nitrogens is 2. The van der Waals surface area contributed by atoms with Gasteiger partial charge in [0.05, 0.1) is 0 Å². The summed E-state index contributed by atoms with van der Waals surface area (Å²) in [4.78, 5) is 11.8. The molecule has 0 fully saturated rings. The van der Waals surface area contributed by atoms with Crippen molar-refractivity contribution in [3.63, 3.8) is 0 Å². The fourth-order valence-corrected chi connectivity index (χ4v) is 1.58. The lowest BCUT2D eigenvalue weighted by atomic mass is 9.92. The van der Waals surface area contributed by atoms with E-state index in [0.717, 1.165) is 5.69 Å². The molecule has 0 aliphatic rings. The van der Waals surface area contributed by atoms with Crippen molar-refractivity contribution >= 4 is 17.5 Å². The van der Waals surface area contributed by atoms with Crippen LogP contribution in [0.5, 0.6) is 0 Å². The van der Waals surface area contributed by atoms with Crippen LogP contribution in [0.25, 0.3) is 0 Å². The number of benzene rings is 1. The van der Waals surface area contributed by atoms with E-state index in [1.807, 2.05) is 20.8 Å². The number of nitrogens with zero attached hydrogens (tertiary/aromatic N) is 1. The average Bonchev–Trinajstić information content (AvgIpc) is 2.80. The third-order valence-electron chi connectivity index (χ3n) is 2.73. The summed E-state index contributed by atoms with van der Waals surface area (Å²) in [6.07, 6.45) is 0. The van der Waals surface area contributed by atoms with Gasteiger partial charge in [-0.1, -0.05) is 20.8 Å². The van der Waals surface area contributed by atoms with Crippen molar-refractivity contribution in [1.29, 1.82) is 0 Å². The number of urea groups is 1. The molecule has 0 aliphatic carbocycles. The molecule has 2 aromatic rings. The first kappa shape index (κ1) is 14.0. The van der Waals surface area contributed by atoms with E-state index in [1.165, 1.54) is 24.3 Å². The minimum Gasteiger partial charge on any atom is -0.308 e. The normalized spacial score (nSPS) is 11.2. The zero-order valence-electron chi connectivity index (χ0n) is 11.6. The second kappa shape index (κ2) is 5.32. The smallest absolute Gasteiger partial charge is 0.308 e. The molecular formula is C14H17FN4O. The van der Waals surface area contributed by atoms with Crippen LogP contribution in [0.4, 0.5) is 20.7 Å². The molecule has 20 heavy (non-hydrogen) atoms. The maximum Gasteiger partial charge on any atom is 0.324 e. The van der Waals surface area contributed by atoms with Crippen LogP contribution in [0.15, 0.2) is 30.3 Å². The molecule has 0 unspecified atom stereocenters. The molecule has 1 heterocycles. The molecule has 2 amide bonds. The van der Waals surface area contributed by atoms with Crippen molar-refractivity contribution in [1.82, 2.24) is 10.2 Å². The minimum atomic E-state index is -0.427. The molecule has 0 aliphatic heterocycles. The van der Waals surface area contributed by atoms with Gasteiger partial charge < -0.3 is 5.32 Å². The van der Waals surface area contributed by atoms with E-state index in [0.29, 0.717) is 11.5 Å². The Hall–Kier alpha value is -2.37. The number of hydrogen-bond acceptors (Lipinski definition) is 2. The zero-order chi connectivity index (χ0) is 14.8. The summed E-state index contributed by atoms with van der Waals surface area (Å²) in [5.41, 5.74) is 1.37. The standard InChI is InChI=1S/C14H17FN4O/c1-14(2,3)11-8-12(19-18-11)17-13(20)16-10-6-4-9(15)5-7-10/h4-8H,1-3H3,(H3,16,17,18,19,20). The molecule has 106 valence electrons.